The highest BCUT2D eigenvalue weighted by Crippen LogP contribution is 2.25. The van der Waals surface area contributed by atoms with E-state index in [2.05, 4.69) is 9.71 Å². The third-order valence-corrected chi connectivity index (χ3v) is 4.88. The van der Waals surface area contributed by atoms with E-state index >= 15 is 0 Å². The average Bonchev–Trinajstić information content (AvgIpc) is 2.39. The van der Waals surface area contributed by atoms with Crippen molar-refractivity contribution in [3.05, 3.63) is 23.9 Å². The van der Waals surface area contributed by atoms with Gasteiger partial charge in [0.15, 0.2) is 0 Å². The number of rotatable bonds is 5. The number of sulfonamides is 1. The second-order valence-corrected chi connectivity index (χ2v) is 6.89. The summed E-state index contributed by atoms with van der Waals surface area (Å²) >= 11 is 0. The summed E-state index contributed by atoms with van der Waals surface area (Å²) in [5.41, 5.74) is 0.0280. The molecule has 1 aromatic rings. The van der Waals surface area contributed by atoms with Gasteiger partial charge in [-0.2, -0.15) is 0 Å². The van der Waals surface area contributed by atoms with Gasteiger partial charge in [-0.3, -0.25) is 4.72 Å². The van der Waals surface area contributed by atoms with Gasteiger partial charge in [0.2, 0.25) is 10.0 Å². The maximum Gasteiger partial charge on any atom is 0.337 e. The van der Waals surface area contributed by atoms with Crippen LogP contribution < -0.4 is 4.72 Å². The van der Waals surface area contributed by atoms with Gasteiger partial charge in [0.05, 0.1) is 11.3 Å². The predicted molar refractivity (Wildman–Crippen MR) is 75.2 cm³/mol. The summed E-state index contributed by atoms with van der Waals surface area (Å²) in [6, 6.07) is 2.69. The van der Waals surface area contributed by atoms with E-state index in [0.717, 1.165) is 31.9 Å². The number of aromatic carboxylic acids is 1. The molecule has 1 fully saturated rings. The number of carboxylic acid groups (broad SMARTS) is 1. The minimum Gasteiger partial charge on any atom is -0.478 e. The Hall–Kier alpha value is -1.63. The maximum atomic E-state index is 12.0. The molecule has 0 radical (unpaired) electrons. The van der Waals surface area contributed by atoms with E-state index in [4.69, 9.17) is 5.11 Å². The first-order valence-electron chi connectivity index (χ1n) is 6.66. The molecule has 0 amide bonds. The van der Waals surface area contributed by atoms with Crippen LogP contribution in [0.3, 0.4) is 0 Å². The monoisotopic (exact) mass is 298 g/mol. The van der Waals surface area contributed by atoms with Gasteiger partial charge in [0, 0.05) is 6.20 Å². The van der Waals surface area contributed by atoms with Gasteiger partial charge in [-0.25, -0.2) is 18.2 Å². The molecule has 0 unspecified atom stereocenters. The number of nitrogens with one attached hydrogen (secondary N) is 1. The van der Waals surface area contributed by atoms with E-state index in [0.29, 0.717) is 0 Å². The first kappa shape index (κ1) is 14.8. The van der Waals surface area contributed by atoms with Gasteiger partial charge in [0.1, 0.15) is 5.82 Å². The molecule has 1 saturated carbocycles. The molecule has 7 heteroatoms. The van der Waals surface area contributed by atoms with Gasteiger partial charge in [-0.05, 0) is 30.9 Å². The lowest BCUT2D eigenvalue weighted by molar-refractivity contribution is 0.0696. The van der Waals surface area contributed by atoms with Gasteiger partial charge < -0.3 is 5.11 Å². The topological polar surface area (TPSA) is 96.4 Å². The highest BCUT2D eigenvalue weighted by atomic mass is 32.2. The van der Waals surface area contributed by atoms with E-state index in [9.17, 15) is 13.2 Å². The van der Waals surface area contributed by atoms with Crippen LogP contribution in [0.15, 0.2) is 18.3 Å². The summed E-state index contributed by atoms with van der Waals surface area (Å²) in [5, 5.41) is 8.75. The Morgan fingerprint density at radius 1 is 1.30 bits per heavy atom. The fourth-order valence-electron chi connectivity index (χ4n) is 2.45. The number of pyridine rings is 1. The van der Waals surface area contributed by atoms with E-state index in [1.807, 2.05) is 0 Å². The van der Waals surface area contributed by atoms with Crippen molar-refractivity contribution in [2.24, 2.45) is 5.92 Å². The minimum atomic E-state index is -3.43. The number of hydrogen-bond donors (Lipinski definition) is 2. The zero-order valence-corrected chi connectivity index (χ0v) is 11.9. The van der Waals surface area contributed by atoms with Crippen LogP contribution in [0.5, 0.6) is 0 Å². The molecule has 1 aliphatic carbocycles. The van der Waals surface area contributed by atoms with E-state index < -0.39 is 16.0 Å². The van der Waals surface area contributed by atoms with Crippen molar-refractivity contribution in [2.45, 2.75) is 32.1 Å². The molecule has 1 aromatic heterocycles. The highest BCUT2D eigenvalue weighted by Gasteiger charge is 2.21. The maximum absolute atomic E-state index is 12.0. The molecule has 1 aliphatic rings. The molecule has 0 aliphatic heterocycles. The van der Waals surface area contributed by atoms with Gasteiger partial charge in [0.25, 0.3) is 0 Å². The third-order valence-electron chi connectivity index (χ3n) is 3.45. The lowest BCUT2D eigenvalue weighted by Gasteiger charge is -2.21. The van der Waals surface area contributed by atoms with E-state index in [-0.39, 0.29) is 23.1 Å². The SMILES string of the molecule is O=C(O)c1ccc(NS(=O)(=O)CC2CCCCC2)nc1. The van der Waals surface area contributed by atoms with Crippen LogP contribution in [-0.2, 0) is 10.0 Å². The summed E-state index contributed by atoms with van der Waals surface area (Å²) < 4.78 is 26.4. The van der Waals surface area contributed by atoms with Crippen molar-refractivity contribution in [1.29, 1.82) is 0 Å². The number of nitrogens with zero attached hydrogens (tertiary/aromatic N) is 1. The van der Waals surface area contributed by atoms with Crippen molar-refractivity contribution < 1.29 is 18.3 Å². The fourth-order valence-corrected chi connectivity index (χ4v) is 3.92. The molecule has 1 heterocycles. The van der Waals surface area contributed by atoms with Crippen LogP contribution in [0.2, 0.25) is 0 Å². The van der Waals surface area contributed by atoms with Gasteiger partial charge >= 0.3 is 5.97 Å². The Morgan fingerprint density at radius 2 is 2.00 bits per heavy atom. The quantitative estimate of drug-likeness (QED) is 0.867. The van der Waals surface area contributed by atoms with Crippen LogP contribution >= 0.6 is 0 Å². The first-order valence-corrected chi connectivity index (χ1v) is 8.31. The number of aromatic nitrogens is 1. The Morgan fingerprint density at radius 3 is 2.55 bits per heavy atom. The van der Waals surface area contributed by atoms with Crippen molar-refractivity contribution in [2.75, 3.05) is 10.5 Å². The number of anilines is 1. The normalized spacial score (nSPS) is 16.8. The molecular formula is C13H18N2O4S. The molecular weight excluding hydrogens is 280 g/mol. The highest BCUT2D eigenvalue weighted by molar-refractivity contribution is 7.92. The second-order valence-electron chi connectivity index (χ2n) is 5.12. The molecule has 0 aromatic carbocycles. The summed E-state index contributed by atoms with van der Waals surface area (Å²) in [7, 11) is -3.43. The molecule has 2 N–H and O–H groups in total. The molecule has 20 heavy (non-hydrogen) atoms. The zero-order chi connectivity index (χ0) is 14.6. The van der Waals surface area contributed by atoms with Crippen LogP contribution in [0.4, 0.5) is 5.82 Å². The molecule has 0 bridgehead atoms. The van der Waals surface area contributed by atoms with Crippen LogP contribution in [0, 0.1) is 5.92 Å². The smallest absolute Gasteiger partial charge is 0.337 e. The lowest BCUT2D eigenvalue weighted by Crippen LogP contribution is -2.24. The summed E-state index contributed by atoms with van der Waals surface area (Å²) in [4.78, 5) is 14.5. The van der Waals surface area contributed by atoms with Crippen molar-refractivity contribution in [3.8, 4) is 0 Å². The van der Waals surface area contributed by atoms with Crippen LogP contribution in [0.25, 0.3) is 0 Å². The van der Waals surface area contributed by atoms with Crippen LogP contribution in [-0.4, -0.2) is 30.2 Å². The molecule has 0 saturated heterocycles. The zero-order valence-electron chi connectivity index (χ0n) is 11.1. The lowest BCUT2D eigenvalue weighted by atomic mass is 9.91. The molecule has 110 valence electrons. The Bertz CT molecular complexity index is 563. The largest absolute Gasteiger partial charge is 0.478 e. The Balaban J connectivity index is 1.98. The molecule has 2 rings (SSSR count). The second kappa shape index (κ2) is 6.21. The summed E-state index contributed by atoms with van der Waals surface area (Å²) in [6.45, 7) is 0. The first-order chi connectivity index (χ1) is 9.46. The average molecular weight is 298 g/mol. The summed E-state index contributed by atoms with van der Waals surface area (Å²) in [6.07, 6.45) is 6.40. The predicted octanol–water partition coefficient (Wildman–Crippen LogP) is 2.10. The van der Waals surface area contributed by atoms with E-state index in [1.54, 1.807) is 0 Å². The number of hydrogen-bond acceptors (Lipinski definition) is 4. The molecule has 6 nitrogen and oxygen atoms in total. The van der Waals surface area contributed by atoms with Crippen molar-refractivity contribution in [3.63, 3.8) is 0 Å². The van der Waals surface area contributed by atoms with Gasteiger partial charge in [-0.1, -0.05) is 19.3 Å². The number of carboxylic acids is 1. The molecule has 0 atom stereocenters. The van der Waals surface area contributed by atoms with Crippen molar-refractivity contribution in [1.82, 2.24) is 4.98 Å². The van der Waals surface area contributed by atoms with E-state index in [1.165, 1.54) is 18.6 Å². The number of carbonyl (C=O) groups is 1. The Labute approximate surface area is 118 Å². The Kier molecular flexibility index (Phi) is 4.59. The van der Waals surface area contributed by atoms with Gasteiger partial charge in [-0.15, -0.1) is 0 Å². The summed E-state index contributed by atoms with van der Waals surface area (Å²) in [5.74, 6) is -0.616. The molecule has 0 spiro atoms. The standard InChI is InChI=1S/C13H18N2O4S/c16-13(17)11-6-7-12(14-8-11)15-20(18,19)9-10-4-2-1-3-5-10/h6-8,10H,1-5,9H2,(H,14,15)(H,16,17). The third kappa shape index (κ3) is 4.19. The van der Waals surface area contributed by atoms with Crippen molar-refractivity contribution >= 4 is 21.8 Å². The minimum absolute atomic E-state index is 0.0280. The van der Waals surface area contributed by atoms with Crippen LogP contribution in [0.1, 0.15) is 42.5 Å². The fraction of sp³-hybridized carbons (Fsp3) is 0.538.